The normalized spacial score (nSPS) is 38.8. The predicted molar refractivity (Wildman–Crippen MR) is 50.8 cm³/mol. The zero-order valence-corrected chi connectivity index (χ0v) is 8.53. The van der Waals surface area contributed by atoms with Crippen LogP contribution in [-0.4, -0.2) is 50.5 Å². The third kappa shape index (κ3) is 2.22. The Kier molecular flexibility index (Phi) is 2.86. The first-order valence-corrected chi connectivity index (χ1v) is 5.18. The van der Waals surface area contributed by atoms with Gasteiger partial charge in [-0.1, -0.05) is 6.92 Å². The molecule has 0 spiro atoms. The molecule has 0 bridgehead atoms. The van der Waals surface area contributed by atoms with Crippen LogP contribution >= 0.6 is 0 Å². The lowest BCUT2D eigenvalue weighted by Crippen LogP contribution is -2.40. The lowest BCUT2D eigenvalue weighted by Gasteiger charge is -2.27. The van der Waals surface area contributed by atoms with Crippen LogP contribution in [0.15, 0.2) is 0 Å². The predicted octanol–water partition coefficient (Wildman–Crippen LogP) is 0.742. The molecule has 0 N–H and O–H groups in total. The van der Waals surface area contributed by atoms with Gasteiger partial charge in [-0.15, -0.1) is 0 Å². The number of ether oxygens (including phenoxy) is 2. The fourth-order valence-corrected chi connectivity index (χ4v) is 2.26. The van der Waals surface area contributed by atoms with Crippen molar-refractivity contribution in [1.29, 1.82) is 0 Å². The van der Waals surface area contributed by atoms with E-state index < -0.39 is 0 Å². The summed E-state index contributed by atoms with van der Waals surface area (Å²) in [5.74, 6) is 0.723. The summed E-state index contributed by atoms with van der Waals surface area (Å²) in [5.41, 5.74) is 0. The number of rotatable bonds is 4. The van der Waals surface area contributed by atoms with Crippen LogP contribution in [0.4, 0.5) is 0 Å². The van der Waals surface area contributed by atoms with Gasteiger partial charge >= 0.3 is 0 Å². The van der Waals surface area contributed by atoms with Crippen LogP contribution in [0, 0.1) is 5.92 Å². The molecule has 2 fully saturated rings. The maximum atomic E-state index is 5.55. The Labute approximate surface area is 80.0 Å². The Hall–Kier alpha value is -0.120. The SMILES string of the molecule is COCCCN1CC(C)C2OC2C1. The van der Waals surface area contributed by atoms with Crippen LogP contribution in [0.2, 0.25) is 0 Å². The smallest absolute Gasteiger partial charge is 0.0971 e. The molecular formula is C10H19NO2. The van der Waals surface area contributed by atoms with E-state index in [1.165, 1.54) is 6.54 Å². The topological polar surface area (TPSA) is 25.0 Å². The molecule has 0 radical (unpaired) electrons. The van der Waals surface area contributed by atoms with E-state index in [1.807, 2.05) is 0 Å². The molecule has 2 aliphatic rings. The molecule has 0 amide bonds. The molecule has 3 heteroatoms. The van der Waals surface area contributed by atoms with E-state index in [9.17, 15) is 0 Å². The number of hydrogen-bond donors (Lipinski definition) is 0. The van der Waals surface area contributed by atoms with Crippen LogP contribution in [0.1, 0.15) is 13.3 Å². The Morgan fingerprint density at radius 1 is 1.46 bits per heavy atom. The second-order valence-corrected chi connectivity index (χ2v) is 4.22. The molecule has 0 aromatic rings. The number of epoxide rings is 1. The second kappa shape index (κ2) is 3.95. The van der Waals surface area contributed by atoms with Gasteiger partial charge in [0.1, 0.15) is 0 Å². The van der Waals surface area contributed by atoms with Gasteiger partial charge in [0, 0.05) is 33.4 Å². The van der Waals surface area contributed by atoms with Gasteiger partial charge in [-0.05, 0) is 12.3 Å². The largest absolute Gasteiger partial charge is 0.385 e. The zero-order valence-electron chi connectivity index (χ0n) is 8.53. The summed E-state index contributed by atoms with van der Waals surface area (Å²) in [4.78, 5) is 2.50. The van der Waals surface area contributed by atoms with E-state index in [0.717, 1.165) is 32.0 Å². The highest BCUT2D eigenvalue weighted by Gasteiger charge is 2.47. The lowest BCUT2D eigenvalue weighted by molar-refractivity contribution is 0.156. The van der Waals surface area contributed by atoms with Crippen molar-refractivity contribution in [2.45, 2.75) is 25.6 Å². The molecule has 2 heterocycles. The highest BCUT2D eigenvalue weighted by atomic mass is 16.6. The van der Waals surface area contributed by atoms with Gasteiger partial charge in [-0.3, -0.25) is 0 Å². The summed E-state index contributed by atoms with van der Waals surface area (Å²) in [6.45, 7) is 6.65. The number of fused-ring (bicyclic) bond motifs is 1. The molecule has 2 aliphatic heterocycles. The van der Waals surface area contributed by atoms with Crippen LogP contribution in [0.25, 0.3) is 0 Å². The average molecular weight is 185 g/mol. The van der Waals surface area contributed by atoms with Gasteiger partial charge in [-0.2, -0.15) is 0 Å². The molecule has 76 valence electrons. The third-order valence-corrected chi connectivity index (χ3v) is 2.99. The van der Waals surface area contributed by atoms with E-state index in [0.29, 0.717) is 12.2 Å². The minimum absolute atomic E-state index is 0.547. The Morgan fingerprint density at radius 2 is 2.31 bits per heavy atom. The number of methoxy groups -OCH3 is 1. The van der Waals surface area contributed by atoms with Gasteiger partial charge in [0.15, 0.2) is 0 Å². The summed E-state index contributed by atoms with van der Waals surface area (Å²) >= 11 is 0. The average Bonchev–Trinajstić information content (AvgIpc) is 2.84. The molecule has 13 heavy (non-hydrogen) atoms. The Balaban J connectivity index is 1.68. The van der Waals surface area contributed by atoms with Crippen molar-refractivity contribution in [2.75, 3.05) is 33.4 Å². The van der Waals surface area contributed by atoms with E-state index in [4.69, 9.17) is 9.47 Å². The summed E-state index contributed by atoms with van der Waals surface area (Å²) in [6, 6.07) is 0. The minimum Gasteiger partial charge on any atom is -0.385 e. The van der Waals surface area contributed by atoms with Crippen molar-refractivity contribution in [3.8, 4) is 0 Å². The fraction of sp³-hybridized carbons (Fsp3) is 1.00. The van der Waals surface area contributed by atoms with E-state index in [1.54, 1.807) is 7.11 Å². The molecule has 2 rings (SSSR count). The Bertz CT molecular complexity index is 174. The quantitative estimate of drug-likeness (QED) is 0.477. The van der Waals surface area contributed by atoms with E-state index in [2.05, 4.69) is 11.8 Å². The summed E-state index contributed by atoms with van der Waals surface area (Å²) in [7, 11) is 1.76. The molecule has 2 saturated heterocycles. The summed E-state index contributed by atoms with van der Waals surface area (Å²) in [6.07, 6.45) is 2.27. The van der Waals surface area contributed by atoms with Crippen LogP contribution in [-0.2, 0) is 9.47 Å². The highest BCUT2D eigenvalue weighted by Crippen LogP contribution is 2.34. The molecular weight excluding hydrogens is 166 g/mol. The number of hydrogen-bond acceptors (Lipinski definition) is 3. The van der Waals surface area contributed by atoms with Gasteiger partial charge in [0.05, 0.1) is 12.2 Å². The lowest BCUT2D eigenvalue weighted by atomic mass is 10.0. The first-order chi connectivity index (χ1) is 6.31. The van der Waals surface area contributed by atoms with Crippen molar-refractivity contribution >= 4 is 0 Å². The first kappa shape index (κ1) is 9.44. The van der Waals surface area contributed by atoms with Gasteiger partial charge in [-0.25, -0.2) is 0 Å². The minimum atomic E-state index is 0.547. The Morgan fingerprint density at radius 3 is 3.00 bits per heavy atom. The number of piperidine rings is 1. The van der Waals surface area contributed by atoms with Crippen molar-refractivity contribution in [2.24, 2.45) is 5.92 Å². The molecule has 0 aromatic carbocycles. The number of likely N-dealkylation sites (tertiary alicyclic amines) is 1. The van der Waals surface area contributed by atoms with Gasteiger partial charge in [0.2, 0.25) is 0 Å². The van der Waals surface area contributed by atoms with Crippen molar-refractivity contribution in [1.82, 2.24) is 4.90 Å². The van der Waals surface area contributed by atoms with Crippen molar-refractivity contribution in [3.05, 3.63) is 0 Å². The molecule has 3 atom stereocenters. The van der Waals surface area contributed by atoms with E-state index in [-0.39, 0.29) is 0 Å². The highest BCUT2D eigenvalue weighted by molar-refractivity contribution is 4.96. The third-order valence-electron chi connectivity index (χ3n) is 2.99. The summed E-state index contributed by atoms with van der Waals surface area (Å²) < 4.78 is 10.6. The van der Waals surface area contributed by atoms with Gasteiger partial charge < -0.3 is 14.4 Å². The number of nitrogens with zero attached hydrogens (tertiary/aromatic N) is 1. The fourth-order valence-electron chi connectivity index (χ4n) is 2.26. The molecule has 0 aliphatic carbocycles. The molecule has 0 aromatic heterocycles. The molecule has 3 nitrogen and oxygen atoms in total. The van der Waals surface area contributed by atoms with Crippen LogP contribution in [0.5, 0.6) is 0 Å². The van der Waals surface area contributed by atoms with E-state index >= 15 is 0 Å². The molecule has 3 unspecified atom stereocenters. The maximum absolute atomic E-state index is 5.55. The van der Waals surface area contributed by atoms with Crippen molar-refractivity contribution < 1.29 is 9.47 Å². The summed E-state index contributed by atoms with van der Waals surface area (Å²) in [5, 5.41) is 0. The monoisotopic (exact) mass is 185 g/mol. The molecule has 0 saturated carbocycles. The van der Waals surface area contributed by atoms with Crippen LogP contribution < -0.4 is 0 Å². The van der Waals surface area contributed by atoms with Crippen molar-refractivity contribution in [3.63, 3.8) is 0 Å². The second-order valence-electron chi connectivity index (χ2n) is 4.22. The standard InChI is InChI=1S/C10H19NO2/c1-8-6-11(4-3-5-12-2)7-9-10(8)13-9/h8-10H,3-7H2,1-2H3. The van der Waals surface area contributed by atoms with Gasteiger partial charge in [0.25, 0.3) is 0 Å². The maximum Gasteiger partial charge on any atom is 0.0971 e. The van der Waals surface area contributed by atoms with Crippen LogP contribution in [0.3, 0.4) is 0 Å². The first-order valence-electron chi connectivity index (χ1n) is 5.18. The zero-order chi connectivity index (χ0) is 9.26.